The Hall–Kier alpha value is -3.08. The maximum absolute atomic E-state index is 12.2. The van der Waals surface area contributed by atoms with Gasteiger partial charge in [0, 0.05) is 55.0 Å². The highest BCUT2D eigenvalue weighted by molar-refractivity contribution is 9.10. The fraction of sp³-hybridized carbons (Fsp3) is 0.286. The van der Waals surface area contributed by atoms with E-state index in [0.717, 1.165) is 47.5 Å². The van der Waals surface area contributed by atoms with Gasteiger partial charge in [0.15, 0.2) is 0 Å². The van der Waals surface area contributed by atoms with E-state index >= 15 is 0 Å². The number of benzene rings is 3. The summed E-state index contributed by atoms with van der Waals surface area (Å²) in [6.45, 7) is 4.46. The van der Waals surface area contributed by atoms with E-state index in [0.29, 0.717) is 24.2 Å². The number of rotatable bonds is 7. The Bertz CT molecular complexity index is 1210. The maximum Gasteiger partial charge on any atom is 0.335 e. The first-order chi connectivity index (χ1) is 17.7. The lowest BCUT2D eigenvalue weighted by Crippen LogP contribution is -2.49. The van der Waals surface area contributed by atoms with Gasteiger partial charge in [-0.25, -0.2) is 4.79 Å². The highest BCUT2D eigenvalue weighted by Crippen LogP contribution is 2.18. The Labute approximate surface area is 224 Å². The summed E-state index contributed by atoms with van der Waals surface area (Å²) in [5, 5.41) is 30.0. The predicted molar refractivity (Wildman–Crippen MR) is 145 cm³/mol. The van der Waals surface area contributed by atoms with Gasteiger partial charge < -0.3 is 20.6 Å². The molecule has 4 N–H and O–H groups in total. The van der Waals surface area contributed by atoms with Crippen LogP contribution < -0.4 is 5.32 Å². The number of hydrogen-bond acceptors (Lipinski definition) is 6. The van der Waals surface area contributed by atoms with Crippen molar-refractivity contribution in [3.63, 3.8) is 0 Å². The van der Waals surface area contributed by atoms with Crippen LogP contribution in [0.15, 0.2) is 77.3 Å². The molecule has 2 aliphatic heterocycles. The second-order valence-electron chi connectivity index (χ2n) is 9.36. The fourth-order valence-corrected chi connectivity index (χ4v) is 4.54. The van der Waals surface area contributed by atoms with E-state index in [-0.39, 0.29) is 18.1 Å². The Morgan fingerprint density at radius 1 is 0.784 bits per heavy atom. The minimum atomic E-state index is -0.902. The fourth-order valence-electron chi connectivity index (χ4n) is 4.14. The quantitative estimate of drug-likeness (QED) is 0.346. The van der Waals surface area contributed by atoms with E-state index in [9.17, 15) is 14.7 Å². The molecular weight excluding hydrogens is 538 g/mol. The maximum atomic E-state index is 12.2. The Kier molecular flexibility index (Phi) is 9.07. The number of carboxylic acids is 1. The van der Waals surface area contributed by atoms with Gasteiger partial charge in [0.1, 0.15) is 0 Å². The van der Waals surface area contributed by atoms with Crippen molar-refractivity contribution in [1.29, 1.82) is 0 Å². The van der Waals surface area contributed by atoms with Crippen LogP contribution in [0.5, 0.6) is 0 Å². The van der Waals surface area contributed by atoms with E-state index in [2.05, 4.69) is 31.0 Å². The molecule has 1 amide bonds. The second kappa shape index (κ2) is 12.4. The van der Waals surface area contributed by atoms with Crippen molar-refractivity contribution >= 4 is 33.5 Å². The minimum absolute atomic E-state index is 0.121. The van der Waals surface area contributed by atoms with Crippen molar-refractivity contribution in [3.05, 3.63) is 99.5 Å². The molecule has 0 spiro atoms. The molecule has 0 bridgehead atoms. The summed E-state index contributed by atoms with van der Waals surface area (Å²) in [4.78, 5) is 27.1. The largest absolute Gasteiger partial charge is 0.478 e. The van der Waals surface area contributed by atoms with Crippen LogP contribution in [-0.4, -0.2) is 75.4 Å². The molecule has 0 saturated carbocycles. The van der Waals surface area contributed by atoms with Crippen LogP contribution in [0.3, 0.4) is 0 Å². The molecule has 3 aromatic rings. The Morgan fingerprint density at radius 3 is 1.70 bits per heavy atom. The summed E-state index contributed by atoms with van der Waals surface area (Å²) in [5.74, 6) is -1.02. The summed E-state index contributed by atoms with van der Waals surface area (Å²) in [6, 6.07) is 21.9. The first kappa shape index (κ1) is 27.0. The number of aromatic carboxylic acids is 1. The van der Waals surface area contributed by atoms with Crippen LogP contribution in [0.1, 0.15) is 31.8 Å². The average molecular weight is 568 g/mol. The summed E-state index contributed by atoms with van der Waals surface area (Å²) >= 11 is 3.38. The average Bonchev–Trinajstić information content (AvgIpc) is 2.83. The summed E-state index contributed by atoms with van der Waals surface area (Å²) in [7, 11) is 0. The number of aliphatic hydroxyl groups is 2. The van der Waals surface area contributed by atoms with E-state index in [1.165, 1.54) is 0 Å². The lowest BCUT2D eigenvalue weighted by atomic mass is 10.1. The number of nitrogens with zero attached hydrogens (tertiary/aromatic N) is 2. The third-order valence-corrected chi connectivity index (χ3v) is 6.68. The minimum Gasteiger partial charge on any atom is -0.478 e. The standard InChI is InChI=1S/C17H17BrN2O2.C11H13NO3/c18-14-2-1-3-15(8-14)19-17(22)13-6-4-12(5-7-13)9-20-10-16(21)11-20;13-10-6-12(7-10)5-8-1-3-9(4-2-8)11(14)15/h1-8,16,21H,9-11H2,(H,19,22);1-4,10,13H,5-7H2,(H,14,15). The Morgan fingerprint density at radius 2 is 1.27 bits per heavy atom. The van der Waals surface area contributed by atoms with Gasteiger partial charge in [0.25, 0.3) is 5.91 Å². The molecular formula is C28H30BrN3O5. The highest BCUT2D eigenvalue weighted by atomic mass is 79.9. The number of halogens is 1. The van der Waals surface area contributed by atoms with Gasteiger partial charge in [-0.15, -0.1) is 0 Å². The van der Waals surface area contributed by atoms with Crippen LogP contribution in [-0.2, 0) is 13.1 Å². The van der Waals surface area contributed by atoms with Crippen molar-refractivity contribution in [2.75, 3.05) is 31.5 Å². The zero-order valence-electron chi connectivity index (χ0n) is 20.3. The molecule has 5 rings (SSSR count). The molecule has 8 nitrogen and oxygen atoms in total. The van der Waals surface area contributed by atoms with Crippen LogP contribution in [0, 0.1) is 0 Å². The smallest absolute Gasteiger partial charge is 0.335 e. The number of carboxylic acid groups (broad SMARTS) is 1. The van der Waals surface area contributed by atoms with Crippen molar-refractivity contribution < 1.29 is 24.9 Å². The van der Waals surface area contributed by atoms with Crippen LogP contribution in [0.2, 0.25) is 0 Å². The number of carbonyl (C=O) groups excluding carboxylic acids is 1. The zero-order chi connectivity index (χ0) is 26.4. The van der Waals surface area contributed by atoms with Crippen molar-refractivity contribution in [2.45, 2.75) is 25.3 Å². The molecule has 0 unspecified atom stereocenters. The molecule has 9 heteroatoms. The van der Waals surface area contributed by atoms with E-state index in [4.69, 9.17) is 10.2 Å². The van der Waals surface area contributed by atoms with E-state index in [1.54, 1.807) is 12.1 Å². The Balaban J connectivity index is 0.000000186. The molecule has 3 aromatic carbocycles. The number of carbonyl (C=O) groups is 2. The van der Waals surface area contributed by atoms with Crippen molar-refractivity contribution in [1.82, 2.24) is 9.80 Å². The summed E-state index contributed by atoms with van der Waals surface area (Å²) in [6.07, 6.45) is -0.376. The van der Waals surface area contributed by atoms with Gasteiger partial charge in [-0.3, -0.25) is 14.6 Å². The molecule has 0 aliphatic carbocycles. The third-order valence-electron chi connectivity index (χ3n) is 6.19. The molecule has 2 fully saturated rings. The molecule has 2 heterocycles. The normalized spacial score (nSPS) is 16.2. The summed E-state index contributed by atoms with van der Waals surface area (Å²) < 4.78 is 0.928. The van der Waals surface area contributed by atoms with Crippen LogP contribution in [0.4, 0.5) is 5.69 Å². The topological polar surface area (TPSA) is 113 Å². The lowest BCUT2D eigenvalue weighted by Gasteiger charge is -2.35. The van der Waals surface area contributed by atoms with Gasteiger partial charge in [-0.1, -0.05) is 46.3 Å². The van der Waals surface area contributed by atoms with Crippen LogP contribution >= 0.6 is 15.9 Å². The highest BCUT2D eigenvalue weighted by Gasteiger charge is 2.24. The second-order valence-corrected chi connectivity index (χ2v) is 10.3. The first-order valence-electron chi connectivity index (χ1n) is 12.0. The van der Waals surface area contributed by atoms with Gasteiger partial charge in [0.05, 0.1) is 17.8 Å². The number of aliphatic hydroxyl groups excluding tert-OH is 2. The predicted octanol–water partition coefficient (Wildman–Crippen LogP) is 3.44. The van der Waals surface area contributed by atoms with Gasteiger partial charge in [-0.05, 0) is 53.6 Å². The van der Waals surface area contributed by atoms with E-state index in [1.807, 2.05) is 60.7 Å². The van der Waals surface area contributed by atoms with Gasteiger partial charge in [0.2, 0.25) is 0 Å². The molecule has 0 radical (unpaired) electrons. The molecule has 194 valence electrons. The number of amides is 1. The number of hydrogen-bond donors (Lipinski definition) is 4. The molecule has 0 atom stereocenters. The SMILES string of the molecule is O=C(Nc1cccc(Br)c1)c1ccc(CN2CC(O)C2)cc1.O=C(O)c1ccc(CN2CC(O)C2)cc1. The molecule has 2 saturated heterocycles. The van der Waals surface area contributed by atoms with Gasteiger partial charge >= 0.3 is 5.97 Å². The summed E-state index contributed by atoms with van der Waals surface area (Å²) in [5.41, 5.74) is 3.92. The molecule has 2 aliphatic rings. The van der Waals surface area contributed by atoms with Gasteiger partial charge in [-0.2, -0.15) is 0 Å². The van der Waals surface area contributed by atoms with Crippen LogP contribution in [0.25, 0.3) is 0 Å². The van der Waals surface area contributed by atoms with Crippen molar-refractivity contribution in [2.24, 2.45) is 0 Å². The molecule has 0 aromatic heterocycles. The monoisotopic (exact) mass is 567 g/mol. The van der Waals surface area contributed by atoms with E-state index < -0.39 is 5.97 Å². The third kappa shape index (κ3) is 7.95. The van der Waals surface area contributed by atoms with Crippen molar-refractivity contribution in [3.8, 4) is 0 Å². The molecule has 37 heavy (non-hydrogen) atoms. The zero-order valence-corrected chi connectivity index (χ0v) is 21.8. The number of β-amino-alcohol motifs (C(OH)–C–C–N with tert-alkyl or cyclic N) is 2. The number of likely N-dealkylation sites (tertiary alicyclic amines) is 2. The number of nitrogens with one attached hydrogen (secondary N) is 1. The first-order valence-corrected chi connectivity index (χ1v) is 12.8. The number of anilines is 1. The lowest BCUT2D eigenvalue weighted by molar-refractivity contribution is -0.00307.